The summed E-state index contributed by atoms with van der Waals surface area (Å²) < 4.78 is 17.4. The minimum atomic E-state index is -0.402. The molecule has 6 atom stereocenters. The smallest absolute Gasteiger partial charge is 0.229 e. The number of nitrogens with zero attached hydrogens (tertiary/aromatic N) is 2. The fourth-order valence-electron chi connectivity index (χ4n) is 7.68. The lowest BCUT2D eigenvalue weighted by molar-refractivity contribution is -0.133. The molecule has 1 aromatic rings. The maximum Gasteiger partial charge on any atom is 0.229 e. The average Bonchev–Trinajstić information content (AvgIpc) is 3.13. The van der Waals surface area contributed by atoms with Gasteiger partial charge in [-0.3, -0.25) is 9.59 Å². The van der Waals surface area contributed by atoms with Gasteiger partial charge in [-0.25, -0.2) is 0 Å². The first kappa shape index (κ1) is 17.2. The third-order valence-electron chi connectivity index (χ3n) is 8.67. The number of amides is 2. The molecule has 0 aromatic heterocycles. The van der Waals surface area contributed by atoms with Gasteiger partial charge in [0.15, 0.2) is 11.5 Å². The Morgan fingerprint density at radius 2 is 1.93 bits per heavy atom. The van der Waals surface area contributed by atoms with Crippen LogP contribution in [-0.4, -0.2) is 62.3 Å². The standard InChI is InChI=1S/C23H24N2O5/c1-28-15-6-13-14(7-16(15)29-2)25-19(26)8-17-21-12-5-18-23(13,22(21)25)9-20(27)24(18)10-11(12)3-4-30-17/h3,6-7,12,17-18,21-22H,4-5,8-10H2,1-2H3/t12-,17-,18-,21-,22-,23+/m0/s1. The Morgan fingerprint density at radius 3 is 2.73 bits per heavy atom. The van der Waals surface area contributed by atoms with Crippen LogP contribution in [0, 0.1) is 11.8 Å². The van der Waals surface area contributed by atoms with E-state index in [9.17, 15) is 9.59 Å². The highest BCUT2D eigenvalue weighted by atomic mass is 16.5. The molecule has 7 heteroatoms. The summed E-state index contributed by atoms with van der Waals surface area (Å²) in [5.74, 6) is 2.13. The van der Waals surface area contributed by atoms with Gasteiger partial charge in [-0.1, -0.05) is 6.08 Å². The second-order valence-corrected chi connectivity index (χ2v) is 9.46. The van der Waals surface area contributed by atoms with Crippen LogP contribution in [0.1, 0.15) is 24.8 Å². The number of piperidine rings is 2. The molecule has 2 bridgehead atoms. The Balaban J connectivity index is 1.54. The molecular weight excluding hydrogens is 384 g/mol. The summed E-state index contributed by atoms with van der Waals surface area (Å²) in [5, 5.41) is 0. The van der Waals surface area contributed by atoms with Crippen molar-refractivity contribution in [2.24, 2.45) is 11.8 Å². The molecule has 0 radical (unpaired) electrons. The Kier molecular flexibility index (Phi) is 3.08. The largest absolute Gasteiger partial charge is 0.493 e. The van der Waals surface area contributed by atoms with Crippen molar-refractivity contribution in [1.82, 2.24) is 4.90 Å². The molecule has 4 fully saturated rings. The molecule has 2 amide bonds. The lowest BCUT2D eigenvalue weighted by Crippen LogP contribution is -2.69. The van der Waals surface area contributed by atoms with Crippen LogP contribution in [0.15, 0.2) is 23.8 Å². The van der Waals surface area contributed by atoms with E-state index in [1.807, 2.05) is 17.0 Å². The number of methoxy groups -OCH3 is 2. The topological polar surface area (TPSA) is 68.3 Å². The van der Waals surface area contributed by atoms with Crippen LogP contribution in [0.3, 0.4) is 0 Å². The van der Waals surface area contributed by atoms with Crippen molar-refractivity contribution in [3.63, 3.8) is 0 Å². The van der Waals surface area contributed by atoms with E-state index in [1.165, 1.54) is 5.57 Å². The third-order valence-corrected chi connectivity index (χ3v) is 8.67. The molecule has 5 aliphatic heterocycles. The normalized spacial score (nSPS) is 39.5. The van der Waals surface area contributed by atoms with Crippen LogP contribution in [-0.2, 0) is 19.7 Å². The van der Waals surface area contributed by atoms with Crippen molar-refractivity contribution in [3.8, 4) is 11.5 Å². The van der Waals surface area contributed by atoms with Gasteiger partial charge < -0.3 is 24.0 Å². The Morgan fingerprint density at radius 1 is 1.13 bits per heavy atom. The highest BCUT2D eigenvalue weighted by molar-refractivity contribution is 6.01. The summed E-state index contributed by atoms with van der Waals surface area (Å²) in [4.78, 5) is 30.8. The monoisotopic (exact) mass is 408 g/mol. The number of carbonyl (C=O) groups excluding carboxylic acids is 2. The van der Waals surface area contributed by atoms with Gasteiger partial charge in [-0.2, -0.15) is 0 Å². The van der Waals surface area contributed by atoms with Gasteiger partial charge in [0.25, 0.3) is 0 Å². The number of hydrogen-bond acceptors (Lipinski definition) is 5. The van der Waals surface area contributed by atoms with E-state index in [4.69, 9.17) is 14.2 Å². The molecule has 156 valence electrons. The van der Waals surface area contributed by atoms with E-state index in [2.05, 4.69) is 11.0 Å². The maximum atomic E-state index is 13.5. The van der Waals surface area contributed by atoms with Crippen LogP contribution in [0.5, 0.6) is 11.5 Å². The molecule has 0 unspecified atom stereocenters. The van der Waals surface area contributed by atoms with E-state index < -0.39 is 5.41 Å². The maximum absolute atomic E-state index is 13.5. The van der Waals surface area contributed by atoms with Crippen LogP contribution in [0.25, 0.3) is 0 Å². The molecule has 7 rings (SSSR count). The van der Waals surface area contributed by atoms with Gasteiger partial charge in [-0.15, -0.1) is 0 Å². The highest BCUT2D eigenvalue weighted by Crippen LogP contribution is 2.66. The van der Waals surface area contributed by atoms with Crippen LogP contribution >= 0.6 is 0 Å². The van der Waals surface area contributed by atoms with Crippen molar-refractivity contribution in [2.75, 3.05) is 32.3 Å². The number of ether oxygens (including phenoxy) is 3. The summed E-state index contributed by atoms with van der Waals surface area (Å²) in [5.41, 5.74) is 2.87. The summed E-state index contributed by atoms with van der Waals surface area (Å²) >= 11 is 0. The Labute approximate surface area is 174 Å². The molecular formula is C23H24N2O5. The first-order valence-corrected chi connectivity index (χ1v) is 10.8. The molecule has 1 saturated carbocycles. The lowest BCUT2D eigenvalue weighted by Gasteiger charge is -2.58. The van der Waals surface area contributed by atoms with Gasteiger partial charge in [-0.05, 0) is 29.5 Å². The highest BCUT2D eigenvalue weighted by Gasteiger charge is 2.73. The lowest BCUT2D eigenvalue weighted by atomic mass is 9.53. The van der Waals surface area contributed by atoms with Gasteiger partial charge >= 0.3 is 0 Å². The SMILES string of the molecule is COc1cc2c(cc1OC)[C@@]13CC(=O)N4CC5=CCO[C@H]6CC(=O)N2[C@H]1[C@H]6[C@H]5C[C@H]43. The van der Waals surface area contributed by atoms with E-state index in [0.717, 1.165) is 17.7 Å². The first-order chi connectivity index (χ1) is 14.6. The number of benzene rings is 1. The fourth-order valence-corrected chi connectivity index (χ4v) is 7.68. The first-order valence-electron chi connectivity index (χ1n) is 10.8. The molecule has 7 nitrogen and oxygen atoms in total. The van der Waals surface area contributed by atoms with Crippen molar-refractivity contribution in [1.29, 1.82) is 0 Å². The Hall–Kier alpha value is -2.54. The molecule has 6 aliphatic rings. The number of carbonyl (C=O) groups is 2. The van der Waals surface area contributed by atoms with Crippen LogP contribution in [0.4, 0.5) is 5.69 Å². The van der Waals surface area contributed by atoms with Gasteiger partial charge in [0.1, 0.15) is 0 Å². The Bertz CT molecular complexity index is 1050. The summed E-state index contributed by atoms with van der Waals surface area (Å²) in [6, 6.07) is 4.01. The molecule has 3 saturated heterocycles. The van der Waals surface area contributed by atoms with Crippen molar-refractivity contribution in [3.05, 3.63) is 29.3 Å². The second kappa shape index (κ2) is 5.38. The summed E-state index contributed by atoms with van der Waals surface area (Å²) in [6.45, 7) is 1.23. The van der Waals surface area contributed by atoms with Crippen molar-refractivity contribution < 1.29 is 23.8 Å². The quantitative estimate of drug-likeness (QED) is 0.696. The molecule has 30 heavy (non-hydrogen) atoms. The fraction of sp³-hybridized carbons (Fsp3) is 0.565. The predicted molar refractivity (Wildman–Crippen MR) is 107 cm³/mol. The predicted octanol–water partition coefficient (Wildman–Crippen LogP) is 1.64. The molecule has 1 aliphatic carbocycles. The zero-order chi connectivity index (χ0) is 20.4. The number of rotatable bonds is 2. The molecule has 0 N–H and O–H groups in total. The zero-order valence-corrected chi connectivity index (χ0v) is 17.1. The zero-order valence-electron chi connectivity index (χ0n) is 17.1. The second-order valence-electron chi connectivity index (χ2n) is 9.46. The van der Waals surface area contributed by atoms with Crippen LogP contribution in [0.2, 0.25) is 0 Å². The molecule has 1 aromatic carbocycles. The summed E-state index contributed by atoms with van der Waals surface area (Å²) in [6.07, 6.45) is 3.87. The third kappa shape index (κ3) is 1.71. The average molecular weight is 408 g/mol. The van der Waals surface area contributed by atoms with Gasteiger partial charge in [0.2, 0.25) is 11.8 Å². The summed E-state index contributed by atoms with van der Waals surface area (Å²) in [7, 11) is 3.24. The van der Waals surface area contributed by atoms with Gasteiger partial charge in [0, 0.05) is 36.4 Å². The van der Waals surface area contributed by atoms with Crippen LogP contribution < -0.4 is 14.4 Å². The number of hydrogen-bond donors (Lipinski definition) is 0. The van der Waals surface area contributed by atoms with Gasteiger partial charge in [0.05, 0.1) is 45.1 Å². The van der Waals surface area contributed by atoms with E-state index in [-0.39, 0.29) is 35.9 Å². The minimum Gasteiger partial charge on any atom is -0.493 e. The van der Waals surface area contributed by atoms with Crippen molar-refractivity contribution in [2.45, 2.75) is 42.9 Å². The molecule has 5 heterocycles. The minimum absolute atomic E-state index is 0.0601. The number of fused-ring (bicyclic) bond motifs is 2. The van der Waals surface area contributed by atoms with E-state index >= 15 is 0 Å². The van der Waals surface area contributed by atoms with E-state index in [0.29, 0.717) is 43.4 Å². The molecule has 1 spiro atoms. The number of anilines is 1. The van der Waals surface area contributed by atoms with Crippen molar-refractivity contribution >= 4 is 17.5 Å². The van der Waals surface area contributed by atoms with E-state index in [1.54, 1.807) is 14.2 Å².